The number of nitrogen functional groups attached to an aromatic ring is 1. The number of pyridine rings is 3. The van der Waals surface area contributed by atoms with Crippen LogP contribution in [0.3, 0.4) is 0 Å². The van der Waals surface area contributed by atoms with E-state index in [1.807, 2.05) is 18.6 Å². The van der Waals surface area contributed by atoms with E-state index in [1.54, 1.807) is 12.1 Å². The molecule has 30 heavy (non-hydrogen) atoms. The Balaban J connectivity index is 1.89. The molecule has 0 radical (unpaired) electrons. The SMILES string of the molecule is CCOc1cc(C)cc(-c2ccc(C(=O)NS(=O)(=O)c3cccnc3N)c(Cl)n2)n1. The first-order valence-electron chi connectivity index (χ1n) is 8.77. The number of hydrogen-bond donors (Lipinski definition) is 2. The lowest BCUT2D eigenvalue weighted by Crippen LogP contribution is -2.31. The Kier molecular flexibility index (Phi) is 6.18. The average Bonchev–Trinajstić information content (AvgIpc) is 2.67. The number of hydrogen-bond acceptors (Lipinski definition) is 8. The molecule has 3 rings (SSSR count). The van der Waals surface area contributed by atoms with Crippen LogP contribution in [0.5, 0.6) is 5.88 Å². The molecule has 0 unspecified atom stereocenters. The number of nitrogens with two attached hydrogens (primary N) is 1. The number of ether oxygens (including phenoxy) is 1. The van der Waals surface area contributed by atoms with Gasteiger partial charge in [0.2, 0.25) is 5.88 Å². The van der Waals surface area contributed by atoms with E-state index in [9.17, 15) is 13.2 Å². The molecule has 0 saturated carbocycles. The van der Waals surface area contributed by atoms with Gasteiger partial charge in [-0.2, -0.15) is 0 Å². The number of anilines is 1. The minimum absolute atomic E-state index is 0.121. The van der Waals surface area contributed by atoms with Crippen molar-refractivity contribution >= 4 is 33.3 Å². The number of aryl methyl sites for hydroxylation is 1. The Morgan fingerprint density at radius 2 is 1.97 bits per heavy atom. The third-order valence-corrected chi connectivity index (χ3v) is 5.58. The van der Waals surface area contributed by atoms with E-state index in [1.165, 1.54) is 30.5 Å². The topological polar surface area (TPSA) is 137 Å². The van der Waals surface area contributed by atoms with Crippen LogP contribution < -0.4 is 15.2 Å². The maximum absolute atomic E-state index is 12.5. The van der Waals surface area contributed by atoms with Crippen molar-refractivity contribution in [3.63, 3.8) is 0 Å². The lowest BCUT2D eigenvalue weighted by Gasteiger charge is -2.10. The normalized spacial score (nSPS) is 11.2. The fraction of sp³-hybridized carbons (Fsp3) is 0.158. The van der Waals surface area contributed by atoms with Crippen LogP contribution in [0.4, 0.5) is 5.82 Å². The summed E-state index contributed by atoms with van der Waals surface area (Å²) in [4.78, 5) is 24.4. The van der Waals surface area contributed by atoms with Gasteiger partial charge in [0.25, 0.3) is 15.9 Å². The van der Waals surface area contributed by atoms with E-state index in [-0.39, 0.29) is 21.4 Å². The Morgan fingerprint density at radius 3 is 2.63 bits per heavy atom. The van der Waals surface area contributed by atoms with Gasteiger partial charge in [-0.25, -0.2) is 28.1 Å². The van der Waals surface area contributed by atoms with Crippen LogP contribution in [0.15, 0.2) is 47.5 Å². The molecule has 0 spiro atoms. The smallest absolute Gasteiger partial charge is 0.268 e. The molecule has 3 aromatic heterocycles. The van der Waals surface area contributed by atoms with Crippen LogP contribution in [0.2, 0.25) is 5.15 Å². The highest BCUT2D eigenvalue weighted by atomic mass is 35.5. The molecular formula is C19H18ClN5O4S. The molecule has 0 bridgehead atoms. The lowest BCUT2D eigenvalue weighted by atomic mass is 10.1. The minimum atomic E-state index is -4.24. The number of rotatable bonds is 6. The van der Waals surface area contributed by atoms with E-state index >= 15 is 0 Å². The number of sulfonamides is 1. The van der Waals surface area contributed by atoms with Gasteiger partial charge in [-0.15, -0.1) is 0 Å². The number of carbonyl (C=O) groups excluding carboxylic acids is 1. The largest absolute Gasteiger partial charge is 0.478 e. The Morgan fingerprint density at radius 1 is 1.20 bits per heavy atom. The molecule has 0 saturated heterocycles. The summed E-state index contributed by atoms with van der Waals surface area (Å²) in [5, 5.41) is -0.180. The Labute approximate surface area is 178 Å². The quantitative estimate of drug-likeness (QED) is 0.550. The summed E-state index contributed by atoms with van der Waals surface area (Å²) in [6.07, 6.45) is 1.34. The van der Waals surface area contributed by atoms with Gasteiger partial charge >= 0.3 is 0 Å². The van der Waals surface area contributed by atoms with Crippen molar-refractivity contribution in [2.75, 3.05) is 12.3 Å². The zero-order chi connectivity index (χ0) is 21.9. The molecule has 3 heterocycles. The van der Waals surface area contributed by atoms with Crippen molar-refractivity contribution in [2.45, 2.75) is 18.7 Å². The summed E-state index contributed by atoms with van der Waals surface area (Å²) in [7, 11) is -4.24. The average molecular weight is 448 g/mol. The molecule has 0 aliphatic rings. The van der Waals surface area contributed by atoms with E-state index in [0.29, 0.717) is 23.9 Å². The van der Waals surface area contributed by atoms with E-state index in [0.717, 1.165) is 5.56 Å². The maximum atomic E-state index is 12.5. The van der Waals surface area contributed by atoms with E-state index in [4.69, 9.17) is 22.1 Å². The lowest BCUT2D eigenvalue weighted by molar-refractivity contribution is 0.0981. The molecule has 3 N–H and O–H groups in total. The van der Waals surface area contributed by atoms with Crippen molar-refractivity contribution in [1.82, 2.24) is 19.7 Å². The highest BCUT2D eigenvalue weighted by molar-refractivity contribution is 7.90. The van der Waals surface area contributed by atoms with Gasteiger partial charge in [0, 0.05) is 12.3 Å². The first kappa shape index (κ1) is 21.5. The molecule has 9 nitrogen and oxygen atoms in total. The Bertz CT molecular complexity index is 1220. The molecule has 1 amide bonds. The summed E-state index contributed by atoms with van der Waals surface area (Å²) in [6.45, 7) is 4.19. The number of nitrogens with one attached hydrogen (secondary N) is 1. The van der Waals surface area contributed by atoms with Crippen LogP contribution >= 0.6 is 11.6 Å². The molecule has 11 heteroatoms. The monoisotopic (exact) mass is 447 g/mol. The van der Waals surface area contributed by atoms with Crippen LogP contribution in [-0.4, -0.2) is 35.9 Å². The van der Waals surface area contributed by atoms with Crippen molar-refractivity contribution in [3.8, 4) is 17.3 Å². The number of amides is 1. The second kappa shape index (κ2) is 8.64. The second-order valence-corrected chi connectivity index (χ2v) is 8.17. The fourth-order valence-corrected chi connectivity index (χ4v) is 3.89. The van der Waals surface area contributed by atoms with Crippen molar-refractivity contribution < 1.29 is 17.9 Å². The summed E-state index contributed by atoms with van der Waals surface area (Å²) in [5.74, 6) is -0.741. The highest BCUT2D eigenvalue weighted by Gasteiger charge is 2.23. The first-order chi connectivity index (χ1) is 14.2. The predicted octanol–water partition coefficient (Wildman–Crippen LogP) is 2.60. The maximum Gasteiger partial charge on any atom is 0.268 e. The predicted molar refractivity (Wildman–Crippen MR) is 112 cm³/mol. The molecule has 0 aliphatic carbocycles. The highest BCUT2D eigenvalue weighted by Crippen LogP contribution is 2.24. The third-order valence-electron chi connectivity index (χ3n) is 3.91. The molecule has 0 fully saturated rings. The molecule has 0 aromatic carbocycles. The summed E-state index contributed by atoms with van der Waals surface area (Å²) in [5.41, 5.74) is 7.27. The molecule has 3 aromatic rings. The zero-order valence-corrected chi connectivity index (χ0v) is 17.7. The van der Waals surface area contributed by atoms with Gasteiger partial charge in [0.1, 0.15) is 15.9 Å². The van der Waals surface area contributed by atoms with Gasteiger partial charge in [-0.3, -0.25) is 4.79 Å². The summed E-state index contributed by atoms with van der Waals surface area (Å²) >= 11 is 6.16. The number of carbonyl (C=O) groups is 1. The number of halogens is 1. The van der Waals surface area contributed by atoms with Crippen molar-refractivity contribution in [3.05, 3.63) is 58.9 Å². The van der Waals surface area contributed by atoms with Crippen LogP contribution in [0.25, 0.3) is 11.4 Å². The van der Waals surface area contributed by atoms with Gasteiger partial charge in [0.05, 0.1) is 23.6 Å². The van der Waals surface area contributed by atoms with Crippen LogP contribution in [-0.2, 0) is 10.0 Å². The molecule has 156 valence electrons. The number of aromatic nitrogens is 3. The van der Waals surface area contributed by atoms with Gasteiger partial charge < -0.3 is 10.5 Å². The van der Waals surface area contributed by atoms with Gasteiger partial charge in [0.15, 0.2) is 0 Å². The minimum Gasteiger partial charge on any atom is -0.478 e. The first-order valence-corrected chi connectivity index (χ1v) is 10.6. The van der Waals surface area contributed by atoms with Gasteiger partial charge in [-0.1, -0.05) is 11.6 Å². The summed E-state index contributed by atoms with van der Waals surface area (Å²) in [6, 6.07) is 9.09. The fourth-order valence-electron chi connectivity index (χ4n) is 2.60. The Hall–Kier alpha value is -3.24. The van der Waals surface area contributed by atoms with Crippen molar-refractivity contribution in [2.24, 2.45) is 0 Å². The van der Waals surface area contributed by atoms with E-state index < -0.39 is 15.9 Å². The molecular weight excluding hydrogens is 430 g/mol. The molecule has 0 aliphatic heterocycles. The van der Waals surface area contributed by atoms with Crippen LogP contribution in [0.1, 0.15) is 22.8 Å². The van der Waals surface area contributed by atoms with Crippen molar-refractivity contribution in [1.29, 1.82) is 0 Å². The molecule has 0 atom stereocenters. The van der Waals surface area contributed by atoms with E-state index in [2.05, 4.69) is 15.0 Å². The summed E-state index contributed by atoms with van der Waals surface area (Å²) < 4.78 is 32.2. The standard InChI is InChI=1S/C19H18ClN5O4S/c1-3-29-16-10-11(2)9-14(23-16)13-7-6-12(17(20)24-13)19(26)25-30(27,28)15-5-4-8-22-18(15)21/h4-10H,3H2,1-2H3,(H2,21,22)(H,25,26). The van der Waals surface area contributed by atoms with Crippen LogP contribution in [0, 0.1) is 6.92 Å². The second-order valence-electron chi connectivity index (χ2n) is 6.16. The van der Waals surface area contributed by atoms with Gasteiger partial charge in [-0.05, 0) is 49.7 Å². The third kappa shape index (κ3) is 4.66. The zero-order valence-electron chi connectivity index (χ0n) is 16.1. The number of nitrogens with zero attached hydrogens (tertiary/aromatic N) is 3.